The molecule has 0 aromatic carbocycles. The monoisotopic (exact) mass is 224 g/mol. The number of rotatable bonds is 3. The molecular formula is C10H12N2O2S. The molecule has 3 rings (SSSR count). The highest BCUT2D eigenvalue weighted by Gasteiger charge is 2.25. The molecule has 2 aliphatic heterocycles. The fourth-order valence-corrected chi connectivity index (χ4v) is 1.70. The van der Waals surface area contributed by atoms with Crippen LogP contribution in [0.4, 0.5) is 0 Å². The molecule has 0 bridgehead atoms. The fraction of sp³-hybridized carbons (Fsp3) is 0.500. The van der Waals surface area contributed by atoms with Crippen molar-refractivity contribution < 1.29 is 9.57 Å². The van der Waals surface area contributed by atoms with Crippen LogP contribution in [-0.4, -0.2) is 22.9 Å². The molecule has 80 valence electrons. The Kier molecular flexibility index (Phi) is 2.21. The summed E-state index contributed by atoms with van der Waals surface area (Å²) in [5.74, 6) is 1.47. The van der Waals surface area contributed by atoms with E-state index in [1.165, 1.54) is 12.8 Å². The molecule has 15 heavy (non-hydrogen) atoms. The van der Waals surface area contributed by atoms with Crippen molar-refractivity contribution in [2.45, 2.75) is 18.4 Å². The number of hydrogen-bond acceptors (Lipinski definition) is 5. The number of aliphatic imine (C=N–C) groups is 1. The molecule has 3 aliphatic rings. The SMILES string of the molecule is SC1N=C2C=CN(OCC3CC3)C=C2O1. The standard InChI is InChI=1S/C10H12N2O2S/c15-10-11-8-3-4-12(5-9(8)14-10)13-6-7-1-2-7/h3-5,7,10,15H,1-2,6H2. The molecule has 1 fully saturated rings. The lowest BCUT2D eigenvalue weighted by Crippen LogP contribution is -2.18. The topological polar surface area (TPSA) is 34.1 Å². The second kappa shape index (κ2) is 3.57. The molecular weight excluding hydrogens is 212 g/mol. The lowest BCUT2D eigenvalue weighted by atomic mass is 10.3. The first-order chi connectivity index (χ1) is 7.31. The van der Waals surface area contributed by atoms with Gasteiger partial charge in [0.1, 0.15) is 5.71 Å². The largest absolute Gasteiger partial charge is 0.456 e. The van der Waals surface area contributed by atoms with Crippen molar-refractivity contribution in [2.75, 3.05) is 6.61 Å². The van der Waals surface area contributed by atoms with Crippen molar-refractivity contribution in [1.82, 2.24) is 5.06 Å². The summed E-state index contributed by atoms with van der Waals surface area (Å²) in [5, 5.41) is 1.68. The van der Waals surface area contributed by atoms with Gasteiger partial charge in [0.25, 0.3) is 0 Å². The minimum absolute atomic E-state index is 0.376. The van der Waals surface area contributed by atoms with E-state index in [2.05, 4.69) is 17.6 Å². The second-order valence-corrected chi connectivity index (χ2v) is 4.31. The Balaban J connectivity index is 1.63. The van der Waals surface area contributed by atoms with Crippen LogP contribution in [0.1, 0.15) is 12.8 Å². The van der Waals surface area contributed by atoms with Crippen LogP contribution in [0.15, 0.2) is 29.2 Å². The number of hydroxylamine groups is 2. The zero-order valence-corrected chi connectivity index (χ0v) is 9.06. The Morgan fingerprint density at radius 2 is 2.47 bits per heavy atom. The first-order valence-electron chi connectivity index (χ1n) is 5.05. The van der Waals surface area contributed by atoms with Gasteiger partial charge in [-0.3, -0.25) is 4.84 Å². The van der Waals surface area contributed by atoms with Gasteiger partial charge in [-0.05, 0) is 24.8 Å². The first kappa shape index (κ1) is 9.30. The van der Waals surface area contributed by atoms with E-state index in [-0.39, 0.29) is 5.56 Å². The zero-order chi connectivity index (χ0) is 10.3. The molecule has 2 heterocycles. The molecule has 0 saturated heterocycles. The maximum atomic E-state index is 5.56. The van der Waals surface area contributed by atoms with Gasteiger partial charge in [-0.15, -0.1) is 12.6 Å². The van der Waals surface area contributed by atoms with Crippen molar-refractivity contribution in [3.8, 4) is 0 Å². The van der Waals surface area contributed by atoms with Gasteiger partial charge in [-0.2, -0.15) is 0 Å². The Bertz CT molecular complexity index is 360. The minimum atomic E-state index is -0.376. The van der Waals surface area contributed by atoms with Gasteiger partial charge in [0.05, 0.1) is 12.8 Å². The molecule has 4 nitrogen and oxygen atoms in total. The molecule has 0 aromatic rings. The maximum Gasteiger partial charge on any atom is 0.236 e. The maximum absolute atomic E-state index is 5.56. The predicted molar refractivity (Wildman–Crippen MR) is 59.0 cm³/mol. The fourth-order valence-electron chi connectivity index (χ4n) is 1.46. The average Bonchev–Trinajstić information content (AvgIpc) is 2.96. The van der Waals surface area contributed by atoms with Crippen molar-refractivity contribution >= 4 is 18.3 Å². The summed E-state index contributed by atoms with van der Waals surface area (Å²) in [5.41, 5.74) is 0.459. The van der Waals surface area contributed by atoms with Crippen LogP contribution in [0.2, 0.25) is 0 Å². The zero-order valence-electron chi connectivity index (χ0n) is 8.17. The first-order valence-corrected chi connectivity index (χ1v) is 5.57. The smallest absolute Gasteiger partial charge is 0.236 e. The summed E-state index contributed by atoms with van der Waals surface area (Å²) in [6, 6.07) is 0. The molecule has 1 saturated carbocycles. The minimum Gasteiger partial charge on any atom is -0.456 e. The number of nitrogens with zero attached hydrogens (tertiary/aromatic N) is 2. The highest BCUT2D eigenvalue weighted by molar-refractivity contribution is 7.80. The predicted octanol–water partition coefficient (Wildman–Crippen LogP) is 1.68. The van der Waals surface area contributed by atoms with E-state index in [0.717, 1.165) is 24.0 Å². The van der Waals surface area contributed by atoms with Gasteiger partial charge in [-0.25, -0.2) is 10.1 Å². The molecule has 5 heteroatoms. The van der Waals surface area contributed by atoms with Crippen LogP contribution in [0.25, 0.3) is 0 Å². The molecule has 0 spiro atoms. The average molecular weight is 224 g/mol. The second-order valence-electron chi connectivity index (χ2n) is 3.87. The summed E-state index contributed by atoms with van der Waals surface area (Å²) in [6.07, 6.45) is 8.10. The van der Waals surface area contributed by atoms with Gasteiger partial charge in [-0.1, -0.05) is 0 Å². The van der Waals surface area contributed by atoms with Crippen LogP contribution >= 0.6 is 12.6 Å². The third-order valence-electron chi connectivity index (χ3n) is 2.51. The van der Waals surface area contributed by atoms with Gasteiger partial charge in [0.2, 0.25) is 5.56 Å². The lowest BCUT2D eigenvalue weighted by Gasteiger charge is -2.18. The molecule has 1 aliphatic carbocycles. The highest BCUT2D eigenvalue weighted by atomic mass is 32.1. The summed E-state index contributed by atoms with van der Waals surface area (Å²) < 4.78 is 5.37. The van der Waals surface area contributed by atoms with E-state index in [0.29, 0.717) is 0 Å². The molecule has 0 N–H and O–H groups in total. The molecule has 0 aromatic heterocycles. The van der Waals surface area contributed by atoms with Gasteiger partial charge in [0, 0.05) is 6.20 Å². The van der Waals surface area contributed by atoms with Crippen LogP contribution in [-0.2, 0) is 9.57 Å². The summed E-state index contributed by atoms with van der Waals surface area (Å²) in [7, 11) is 0. The molecule has 1 unspecified atom stereocenters. The van der Waals surface area contributed by atoms with Gasteiger partial charge < -0.3 is 4.74 Å². The third kappa shape index (κ3) is 2.03. The number of allylic oxidation sites excluding steroid dienone is 1. The Hall–Kier alpha value is -0.940. The summed E-state index contributed by atoms with van der Waals surface area (Å²) in [6.45, 7) is 0.783. The Morgan fingerprint density at radius 1 is 1.60 bits per heavy atom. The van der Waals surface area contributed by atoms with Crippen LogP contribution in [0.3, 0.4) is 0 Å². The highest BCUT2D eigenvalue weighted by Crippen LogP contribution is 2.30. The third-order valence-corrected chi connectivity index (χ3v) is 2.74. The number of ether oxygens (including phenoxy) is 1. The van der Waals surface area contributed by atoms with E-state index < -0.39 is 0 Å². The molecule has 0 amide bonds. The van der Waals surface area contributed by atoms with Crippen molar-refractivity contribution in [3.63, 3.8) is 0 Å². The Morgan fingerprint density at radius 3 is 3.27 bits per heavy atom. The van der Waals surface area contributed by atoms with Crippen LogP contribution in [0.5, 0.6) is 0 Å². The van der Waals surface area contributed by atoms with E-state index in [4.69, 9.17) is 9.57 Å². The number of thiol groups is 1. The summed E-state index contributed by atoms with van der Waals surface area (Å²) in [4.78, 5) is 9.73. The van der Waals surface area contributed by atoms with Crippen molar-refractivity contribution in [2.24, 2.45) is 10.9 Å². The van der Waals surface area contributed by atoms with Crippen molar-refractivity contribution in [3.05, 3.63) is 24.2 Å². The quantitative estimate of drug-likeness (QED) is 0.741. The van der Waals surface area contributed by atoms with Gasteiger partial charge >= 0.3 is 0 Å². The van der Waals surface area contributed by atoms with Crippen molar-refractivity contribution in [1.29, 1.82) is 0 Å². The summed E-state index contributed by atoms with van der Waals surface area (Å²) >= 11 is 4.13. The van der Waals surface area contributed by atoms with E-state index >= 15 is 0 Å². The number of hydrogen-bond donors (Lipinski definition) is 1. The lowest BCUT2D eigenvalue weighted by molar-refractivity contribution is -0.0889. The molecule has 1 atom stereocenters. The van der Waals surface area contributed by atoms with E-state index in [1.54, 1.807) is 11.3 Å². The molecule has 0 radical (unpaired) electrons. The van der Waals surface area contributed by atoms with Crippen LogP contribution < -0.4 is 0 Å². The van der Waals surface area contributed by atoms with E-state index in [1.807, 2.05) is 12.3 Å². The van der Waals surface area contributed by atoms with Gasteiger partial charge in [0.15, 0.2) is 5.76 Å². The number of fused-ring (bicyclic) bond motifs is 1. The van der Waals surface area contributed by atoms with E-state index in [9.17, 15) is 0 Å². The normalized spacial score (nSPS) is 28.3. The Labute approximate surface area is 93.6 Å². The van der Waals surface area contributed by atoms with Crippen LogP contribution in [0, 0.1) is 5.92 Å².